The maximum Gasteiger partial charge on any atom is 0.235 e. The van der Waals surface area contributed by atoms with Crippen molar-refractivity contribution >= 4 is 44.8 Å². The monoisotopic (exact) mass is 624 g/mol. The Balaban J connectivity index is 1.59. The minimum absolute atomic E-state index is 0.0399. The first-order valence-electron chi connectivity index (χ1n) is 14.5. The maximum atomic E-state index is 14.7. The van der Waals surface area contributed by atoms with Gasteiger partial charge in [0, 0.05) is 27.7 Å². The second-order valence-corrected chi connectivity index (χ2v) is 15.1. The van der Waals surface area contributed by atoms with Crippen LogP contribution in [-0.2, 0) is 14.8 Å². The third-order valence-corrected chi connectivity index (χ3v) is 11.1. The Morgan fingerprint density at radius 3 is 2.31 bits per heavy atom. The highest BCUT2D eigenvalue weighted by Gasteiger charge is 2.53. The lowest BCUT2D eigenvalue weighted by atomic mass is 9.66. The number of hydrogen-bond donors (Lipinski definition) is 1. The molecule has 1 saturated heterocycles. The molecule has 1 heterocycles. The molecular formula is C34H38Cl2N2O3S. The van der Waals surface area contributed by atoms with E-state index in [0.717, 1.165) is 24.0 Å². The van der Waals surface area contributed by atoms with Crippen LogP contribution >= 0.6 is 23.2 Å². The molecular weight excluding hydrogens is 587 g/mol. The third-order valence-electron chi connectivity index (χ3n) is 8.85. The van der Waals surface area contributed by atoms with Crippen LogP contribution in [0, 0.1) is 11.3 Å². The topological polar surface area (TPSA) is 66.5 Å². The molecule has 0 radical (unpaired) electrons. The summed E-state index contributed by atoms with van der Waals surface area (Å²) in [7, 11) is -3.71. The summed E-state index contributed by atoms with van der Waals surface area (Å²) in [5, 5.41) is 0.537. The van der Waals surface area contributed by atoms with Crippen molar-refractivity contribution in [2.24, 2.45) is 11.3 Å². The fraction of sp³-hybridized carbons (Fsp3) is 0.382. The summed E-state index contributed by atoms with van der Waals surface area (Å²) < 4.78 is 29.8. The smallest absolute Gasteiger partial charge is 0.235 e. The summed E-state index contributed by atoms with van der Waals surface area (Å²) in [6.45, 7) is 7.73. The van der Waals surface area contributed by atoms with Gasteiger partial charge in [-0.1, -0.05) is 78.7 Å². The van der Waals surface area contributed by atoms with E-state index in [9.17, 15) is 13.2 Å². The summed E-state index contributed by atoms with van der Waals surface area (Å²) in [5.41, 5.74) is 1.85. The minimum atomic E-state index is -3.71. The van der Waals surface area contributed by atoms with Crippen molar-refractivity contribution in [3.8, 4) is 0 Å². The average molecular weight is 626 g/mol. The highest BCUT2D eigenvalue weighted by atomic mass is 35.5. The second kappa shape index (κ2) is 12.4. The van der Waals surface area contributed by atoms with Gasteiger partial charge in [0.15, 0.2) is 0 Å². The van der Waals surface area contributed by atoms with E-state index < -0.39 is 20.7 Å². The van der Waals surface area contributed by atoms with Gasteiger partial charge in [-0.05, 0) is 92.5 Å². The van der Waals surface area contributed by atoms with Crippen LogP contribution in [0.3, 0.4) is 0 Å². The highest BCUT2D eigenvalue weighted by Crippen LogP contribution is 2.54. The molecule has 1 saturated carbocycles. The van der Waals surface area contributed by atoms with Gasteiger partial charge in [-0.15, -0.1) is 6.58 Å². The maximum absolute atomic E-state index is 14.7. The number of sulfonamides is 1. The van der Waals surface area contributed by atoms with E-state index in [1.807, 2.05) is 66.4 Å². The molecule has 8 heteroatoms. The number of halogens is 2. The van der Waals surface area contributed by atoms with Gasteiger partial charge in [0.2, 0.25) is 15.9 Å². The predicted molar refractivity (Wildman–Crippen MR) is 172 cm³/mol. The van der Waals surface area contributed by atoms with Crippen molar-refractivity contribution < 1.29 is 13.2 Å². The SMILES string of the molecule is C=CC[C@@]1(C)C[C@H](c2cccc(Cl)c2)[C@@H](c2ccc(Cl)cc2)N([C@@H](CC(C)S(=O)(=O)Nc2ccccc2)C2CC2)C1=O. The molecule has 2 fully saturated rings. The molecule has 0 spiro atoms. The molecule has 1 aliphatic heterocycles. The fourth-order valence-corrected chi connectivity index (χ4v) is 7.95. The Bertz CT molecular complexity index is 1530. The van der Waals surface area contributed by atoms with Gasteiger partial charge in [-0.3, -0.25) is 9.52 Å². The lowest BCUT2D eigenvalue weighted by Crippen LogP contribution is -2.57. The Hall–Kier alpha value is -2.80. The van der Waals surface area contributed by atoms with Crippen molar-refractivity contribution in [2.75, 3.05) is 4.72 Å². The summed E-state index contributed by atoms with van der Waals surface area (Å²) in [6.07, 6.45) is 5.20. The number of rotatable bonds is 11. The van der Waals surface area contributed by atoms with Crippen LogP contribution in [0.5, 0.6) is 0 Å². The van der Waals surface area contributed by atoms with Crippen molar-refractivity contribution in [1.82, 2.24) is 4.90 Å². The second-order valence-electron chi connectivity index (χ2n) is 12.1. The molecule has 1 aliphatic carbocycles. The number of piperidine rings is 1. The van der Waals surface area contributed by atoms with Gasteiger partial charge < -0.3 is 4.90 Å². The van der Waals surface area contributed by atoms with E-state index in [1.165, 1.54) is 0 Å². The summed E-state index contributed by atoms with van der Waals surface area (Å²) in [4.78, 5) is 16.7. The van der Waals surface area contributed by atoms with E-state index in [-0.39, 0.29) is 29.8 Å². The van der Waals surface area contributed by atoms with Gasteiger partial charge in [-0.25, -0.2) is 8.42 Å². The van der Waals surface area contributed by atoms with Crippen LogP contribution in [0.25, 0.3) is 0 Å². The molecule has 0 bridgehead atoms. The van der Waals surface area contributed by atoms with Crippen molar-refractivity contribution in [3.05, 3.63) is 113 Å². The molecule has 5 nitrogen and oxygen atoms in total. The first-order valence-corrected chi connectivity index (χ1v) is 16.8. The lowest BCUT2D eigenvalue weighted by molar-refractivity contribution is -0.155. The van der Waals surface area contributed by atoms with Crippen LogP contribution < -0.4 is 4.72 Å². The average Bonchev–Trinajstić information content (AvgIpc) is 3.80. The number of para-hydroxylation sites is 1. The zero-order valence-corrected chi connectivity index (χ0v) is 26.4. The Labute approximate surface area is 260 Å². The summed E-state index contributed by atoms with van der Waals surface area (Å²) in [6, 6.07) is 23.9. The number of carbonyl (C=O) groups is 1. The molecule has 0 aromatic heterocycles. The highest BCUT2D eigenvalue weighted by molar-refractivity contribution is 7.93. The largest absolute Gasteiger partial charge is 0.331 e. The molecule has 42 heavy (non-hydrogen) atoms. The van der Waals surface area contributed by atoms with E-state index in [0.29, 0.717) is 35.0 Å². The first-order chi connectivity index (χ1) is 20.0. The van der Waals surface area contributed by atoms with Gasteiger partial charge in [0.1, 0.15) is 0 Å². The van der Waals surface area contributed by atoms with Gasteiger partial charge in [0.05, 0.1) is 16.7 Å². The van der Waals surface area contributed by atoms with Crippen molar-refractivity contribution in [3.63, 3.8) is 0 Å². The molecule has 1 unspecified atom stereocenters. The van der Waals surface area contributed by atoms with Crippen LogP contribution in [0.1, 0.15) is 69.0 Å². The van der Waals surface area contributed by atoms with Crippen molar-refractivity contribution in [1.29, 1.82) is 0 Å². The van der Waals surface area contributed by atoms with E-state index in [1.54, 1.807) is 31.2 Å². The standard InChI is InChI=1S/C34H38Cl2N2O3S/c1-4-19-34(3)22-30(26-9-8-10-28(36)21-26)32(25-15-17-27(35)18-16-25)38(33(34)39)31(24-13-14-24)20-23(2)42(40,41)37-29-11-6-5-7-12-29/h4-12,15-18,21,23-24,30-32,37H,1,13-14,19-20,22H2,2-3H3/t23?,30-,31+,32-,34+/m1/s1. The number of likely N-dealkylation sites (tertiary alicyclic amines) is 1. The first kappa shape index (κ1) is 30.7. The molecule has 3 aromatic rings. The number of allylic oxidation sites excluding steroid dienone is 1. The Morgan fingerprint density at radius 1 is 1.00 bits per heavy atom. The Kier molecular flexibility index (Phi) is 9.08. The summed E-state index contributed by atoms with van der Waals surface area (Å²) in [5.74, 6) is 0.200. The van der Waals surface area contributed by atoms with Crippen LogP contribution in [0.2, 0.25) is 10.0 Å². The van der Waals surface area contributed by atoms with E-state index in [2.05, 4.69) is 17.4 Å². The molecule has 2 aliphatic rings. The third kappa shape index (κ3) is 6.56. The number of nitrogens with zero attached hydrogens (tertiary/aromatic N) is 1. The van der Waals surface area contributed by atoms with Gasteiger partial charge >= 0.3 is 0 Å². The minimum Gasteiger partial charge on any atom is -0.331 e. The molecule has 5 atom stereocenters. The molecule has 1 amide bonds. The number of nitrogens with one attached hydrogen (secondary N) is 1. The fourth-order valence-electron chi connectivity index (χ4n) is 6.50. The van der Waals surface area contributed by atoms with Crippen LogP contribution in [0.4, 0.5) is 5.69 Å². The molecule has 3 aromatic carbocycles. The molecule has 5 rings (SSSR count). The van der Waals surface area contributed by atoms with Gasteiger partial charge in [0.25, 0.3) is 0 Å². The predicted octanol–water partition coefficient (Wildman–Crippen LogP) is 8.63. The van der Waals surface area contributed by atoms with E-state index in [4.69, 9.17) is 23.2 Å². The number of benzene rings is 3. The number of anilines is 1. The number of amides is 1. The normalized spacial score (nSPS) is 24.2. The lowest BCUT2D eigenvalue weighted by Gasteiger charge is -2.52. The van der Waals surface area contributed by atoms with Gasteiger partial charge in [-0.2, -0.15) is 0 Å². The van der Waals surface area contributed by atoms with Crippen LogP contribution in [-0.4, -0.2) is 30.5 Å². The molecule has 222 valence electrons. The number of carbonyl (C=O) groups excluding carboxylic acids is 1. The Morgan fingerprint density at radius 2 is 1.69 bits per heavy atom. The molecule has 1 N–H and O–H groups in total. The quantitative estimate of drug-likeness (QED) is 0.217. The summed E-state index contributed by atoms with van der Waals surface area (Å²) >= 11 is 12.8. The van der Waals surface area contributed by atoms with Crippen LogP contribution in [0.15, 0.2) is 91.5 Å². The van der Waals surface area contributed by atoms with E-state index >= 15 is 0 Å². The number of hydrogen-bond acceptors (Lipinski definition) is 3. The zero-order chi connectivity index (χ0) is 30.1. The van der Waals surface area contributed by atoms with Crippen molar-refractivity contribution in [2.45, 2.75) is 69.2 Å². The zero-order valence-electron chi connectivity index (χ0n) is 24.0.